The smallest absolute Gasteiger partial charge is 0.252 e. The molecule has 2 heterocycles. The lowest BCUT2D eigenvalue weighted by atomic mass is 9.97. The zero-order valence-electron chi connectivity index (χ0n) is 13.1. The minimum absolute atomic E-state index is 0.188. The van der Waals surface area contributed by atoms with Crippen LogP contribution in [0.1, 0.15) is 17.4 Å². The number of likely N-dealkylation sites (N-methyl/N-ethyl adjacent to an activating group) is 1. The molecule has 0 unspecified atom stereocenters. The molecule has 1 aliphatic heterocycles. The second kappa shape index (κ2) is 6.84. The van der Waals surface area contributed by atoms with Gasteiger partial charge >= 0.3 is 0 Å². The number of halogens is 1. The van der Waals surface area contributed by atoms with Crippen molar-refractivity contribution in [3.63, 3.8) is 0 Å². The molecule has 2 aromatic rings. The Labute approximate surface area is 138 Å². The van der Waals surface area contributed by atoms with E-state index in [1.54, 1.807) is 30.3 Å². The predicted molar refractivity (Wildman–Crippen MR) is 82.2 cm³/mol. The van der Waals surface area contributed by atoms with E-state index in [2.05, 4.69) is 5.32 Å². The highest BCUT2D eigenvalue weighted by molar-refractivity contribution is 5.86. The Bertz CT molecular complexity index is 732. The summed E-state index contributed by atoms with van der Waals surface area (Å²) in [6, 6.07) is 8.66. The Kier molecular flexibility index (Phi) is 4.61. The van der Waals surface area contributed by atoms with Gasteiger partial charge in [0.15, 0.2) is 6.10 Å². The van der Waals surface area contributed by atoms with Crippen molar-refractivity contribution >= 4 is 11.8 Å². The van der Waals surface area contributed by atoms with Crippen LogP contribution in [0, 0.1) is 5.82 Å². The first-order chi connectivity index (χ1) is 11.6. The van der Waals surface area contributed by atoms with Crippen LogP contribution in [0.2, 0.25) is 0 Å². The fourth-order valence-electron chi connectivity index (χ4n) is 2.71. The van der Waals surface area contributed by atoms with Crippen LogP contribution >= 0.6 is 0 Å². The van der Waals surface area contributed by atoms with Crippen molar-refractivity contribution in [1.82, 2.24) is 10.2 Å². The molecule has 1 aromatic heterocycles. The highest BCUT2D eigenvalue weighted by atomic mass is 19.1. The first-order valence-corrected chi connectivity index (χ1v) is 7.49. The third-order valence-corrected chi connectivity index (χ3v) is 3.98. The van der Waals surface area contributed by atoms with Gasteiger partial charge in [0.1, 0.15) is 18.2 Å². The minimum atomic E-state index is -1.00. The Morgan fingerprint density at radius 2 is 2.12 bits per heavy atom. The van der Waals surface area contributed by atoms with Crippen molar-refractivity contribution in [3.05, 3.63) is 59.8 Å². The van der Waals surface area contributed by atoms with E-state index in [-0.39, 0.29) is 24.6 Å². The molecular weight excluding hydrogens is 315 g/mol. The Hall–Kier alpha value is -2.67. The Morgan fingerprint density at radius 3 is 2.83 bits per heavy atom. The maximum atomic E-state index is 14.2. The highest BCUT2D eigenvalue weighted by Crippen LogP contribution is 2.30. The third kappa shape index (κ3) is 3.16. The number of ether oxygens (including phenoxy) is 1. The molecular formula is C17H17FN2O4. The van der Waals surface area contributed by atoms with Gasteiger partial charge in [-0.05, 0) is 18.2 Å². The standard InChI is InChI=1S/C17H17FN2O4/c1-20-14(21)10-24-16(15(20)12-6-2-3-7-13(12)18)17(22)19-9-11-5-4-8-23-11/h2-8,15-16H,9-10H2,1H3,(H,19,22)/t15-,16+/m1/s1. The van der Waals surface area contributed by atoms with Crippen LogP contribution in [-0.2, 0) is 20.9 Å². The summed E-state index contributed by atoms with van der Waals surface area (Å²) in [5.41, 5.74) is 0.242. The van der Waals surface area contributed by atoms with Gasteiger partial charge in [-0.25, -0.2) is 4.39 Å². The van der Waals surface area contributed by atoms with Gasteiger partial charge in [-0.2, -0.15) is 0 Å². The normalized spacial score (nSPS) is 20.9. The van der Waals surface area contributed by atoms with Crippen LogP contribution in [0.25, 0.3) is 0 Å². The molecule has 1 aliphatic rings. The summed E-state index contributed by atoms with van der Waals surface area (Å²) in [6.45, 7) is -0.0341. The lowest BCUT2D eigenvalue weighted by Gasteiger charge is -2.38. The number of benzene rings is 1. The lowest BCUT2D eigenvalue weighted by molar-refractivity contribution is -0.162. The third-order valence-electron chi connectivity index (χ3n) is 3.98. The SMILES string of the molecule is CN1C(=O)CO[C@H](C(=O)NCc2ccco2)[C@H]1c1ccccc1F. The van der Waals surface area contributed by atoms with Crippen LogP contribution in [0.15, 0.2) is 47.1 Å². The van der Waals surface area contributed by atoms with E-state index in [1.165, 1.54) is 24.3 Å². The topological polar surface area (TPSA) is 71.8 Å². The van der Waals surface area contributed by atoms with E-state index in [1.807, 2.05) is 0 Å². The molecule has 1 saturated heterocycles. The van der Waals surface area contributed by atoms with Crippen molar-refractivity contribution in [2.24, 2.45) is 0 Å². The number of furan rings is 1. The van der Waals surface area contributed by atoms with Crippen LogP contribution < -0.4 is 5.32 Å². The maximum Gasteiger partial charge on any atom is 0.252 e. The summed E-state index contributed by atoms with van der Waals surface area (Å²) in [7, 11) is 1.54. The zero-order chi connectivity index (χ0) is 17.1. The first kappa shape index (κ1) is 16.2. The van der Waals surface area contributed by atoms with Gasteiger partial charge in [-0.1, -0.05) is 18.2 Å². The number of amides is 2. The second-order valence-electron chi connectivity index (χ2n) is 5.50. The van der Waals surface area contributed by atoms with E-state index in [0.29, 0.717) is 5.76 Å². The van der Waals surface area contributed by atoms with E-state index >= 15 is 0 Å². The van der Waals surface area contributed by atoms with Crippen LogP contribution in [0.4, 0.5) is 4.39 Å². The monoisotopic (exact) mass is 332 g/mol. The van der Waals surface area contributed by atoms with E-state index in [9.17, 15) is 14.0 Å². The van der Waals surface area contributed by atoms with Crippen molar-refractivity contribution in [3.8, 4) is 0 Å². The maximum absolute atomic E-state index is 14.2. The average Bonchev–Trinajstić information content (AvgIpc) is 3.09. The largest absolute Gasteiger partial charge is 0.467 e. The van der Waals surface area contributed by atoms with Gasteiger partial charge in [0, 0.05) is 12.6 Å². The highest BCUT2D eigenvalue weighted by Gasteiger charge is 2.41. The number of rotatable bonds is 4. The molecule has 7 heteroatoms. The first-order valence-electron chi connectivity index (χ1n) is 7.49. The van der Waals surface area contributed by atoms with Gasteiger partial charge < -0.3 is 19.4 Å². The molecule has 0 radical (unpaired) electrons. The van der Waals surface area contributed by atoms with Gasteiger partial charge in [0.05, 0.1) is 18.8 Å². The molecule has 126 valence electrons. The van der Waals surface area contributed by atoms with Gasteiger partial charge in [0.2, 0.25) is 5.91 Å². The summed E-state index contributed by atoms with van der Waals surface area (Å²) in [4.78, 5) is 25.8. The number of carbonyl (C=O) groups excluding carboxylic acids is 2. The Morgan fingerprint density at radius 1 is 1.33 bits per heavy atom. The van der Waals surface area contributed by atoms with Crippen molar-refractivity contribution in [2.45, 2.75) is 18.7 Å². The van der Waals surface area contributed by atoms with E-state index < -0.39 is 23.9 Å². The number of carbonyl (C=O) groups is 2. The molecule has 24 heavy (non-hydrogen) atoms. The van der Waals surface area contributed by atoms with E-state index in [4.69, 9.17) is 9.15 Å². The Balaban J connectivity index is 1.82. The molecule has 0 spiro atoms. The van der Waals surface area contributed by atoms with E-state index in [0.717, 1.165) is 0 Å². The number of hydrogen-bond acceptors (Lipinski definition) is 4. The summed E-state index contributed by atoms with van der Waals surface area (Å²) < 4.78 is 24.8. The summed E-state index contributed by atoms with van der Waals surface area (Å²) in [5.74, 6) is -0.639. The molecule has 0 bridgehead atoms. The van der Waals surface area contributed by atoms with Crippen molar-refractivity contribution in [2.75, 3.05) is 13.7 Å². The number of nitrogens with zero attached hydrogens (tertiary/aromatic N) is 1. The molecule has 6 nitrogen and oxygen atoms in total. The van der Waals surface area contributed by atoms with Gasteiger partial charge in [-0.15, -0.1) is 0 Å². The van der Waals surface area contributed by atoms with Crippen LogP contribution in [-0.4, -0.2) is 36.5 Å². The molecule has 1 aromatic carbocycles. The molecule has 0 saturated carbocycles. The molecule has 2 atom stereocenters. The quantitative estimate of drug-likeness (QED) is 0.924. The number of morpholine rings is 1. The summed E-state index contributed by atoms with van der Waals surface area (Å²) in [5, 5.41) is 2.69. The molecule has 0 aliphatic carbocycles. The van der Waals surface area contributed by atoms with Crippen LogP contribution in [0.5, 0.6) is 0 Å². The summed E-state index contributed by atoms with van der Waals surface area (Å²) in [6.07, 6.45) is 0.507. The molecule has 1 N–H and O–H groups in total. The van der Waals surface area contributed by atoms with Crippen molar-refractivity contribution in [1.29, 1.82) is 0 Å². The molecule has 2 amide bonds. The van der Waals surface area contributed by atoms with Crippen LogP contribution in [0.3, 0.4) is 0 Å². The number of hydrogen-bond donors (Lipinski definition) is 1. The van der Waals surface area contributed by atoms with Crippen molar-refractivity contribution < 1.29 is 23.1 Å². The molecule has 1 fully saturated rings. The fourth-order valence-corrected chi connectivity index (χ4v) is 2.71. The second-order valence-corrected chi connectivity index (χ2v) is 5.50. The minimum Gasteiger partial charge on any atom is -0.467 e. The van der Waals surface area contributed by atoms with Gasteiger partial charge in [-0.3, -0.25) is 9.59 Å². The molecule has 3 rings (SSSR count). The zero-order valence-corrected chi connectivity index (χ0v) is 13.1. The lowest BCUT2D eigenvalue weighted by Crippen LogP contribution is -2.53. The average molecular weight is 332 g/mol. The summed E-state index contributed by atoms with van der Waals surface area (Å²) >= 11 is 0. The predicted octanol–water partition coefficient (Wildman–Crippen LogP) is 1.63. The van der Waals surface area contributed by atoms with Gasteiger partial charge in [0.25, 0.3) is 5.91 Å². The fraction of sp³-hybridized carbons (Fsp3) is 0.294. The number of nitrogens with one attached hydrogen (secondary N) is 1.